The van der Waals surface area contributed by atoms with Gasteiger partial charge in [-0.3, -0.25) is 4.79 Å². The van der Waals surface area contributed by atoms with E-state index in [1.54, 1.807) is 6.92 Å². The van der Waals surface area contributed by atoms with E-state index in [2.05, 4.69) is 10.3 Å². The Hall–Kier alpha value is -2.70. The van der Waals surface area contributed by atoms with Crippen LogP contribution in [0.5, 0.6) is 0 Å². The zero-order valence-corrected chi connectivity index (χ0v) is 15.9. The number of rotatable bonds is 6. The second-order valence-electron chi connectivity index (χ2n) is 7.02. The first-order valence-electron chi connectivity index (χ1n) is 9.69. The van der Waals surface area contributed by atoms with Gasteiger partial charge in [0.2, 0.25) is 5.89 Å². The maximum atomic E-state index is 12.3. The first kappa shape index (κ1) is 18.7. The Balaban J connectivity index is 1.33. The van der Waals surface area contributed by atoms with Crippen molar-refractivity contribution in [3.63, 3.8) is 0 Å². The van der Waals surface area contributed by atoms with Crippen molar-refractivity contribution in [3.8, 4) is 11.5 Å². The van der Waals surface area contributed by atoms with Crippen LogP contribution in [-0.2, 0) is 14.3 Å². The van der Waals surface area contributed by atoms with E-state index in [-0.39, 0.29) is 12.0 Å². The molecule has 146 valence electrons. The number of hydrogen-bond acceptors (Lipinski definition) is 5. The van der Waals surface area contributed by atoms with Crippen molar-refractivity contribution in [3.05, 3.63) is 48.5 Å². The Morgan fingerprint density at radius 3 is 2.79 bits per heavy atom. The van der Waals surface area contributed by atoms with E-state index >= 15 is 0 Å². The van der Waals surface area contributed by atoms with Crippen molar-refractivity contribution in [2.75, 3.05) is 18.5 Å². The number of benzene rings is 2. The average Bonchev–Trinajstić information content (AvgIpc) is 3.17. The van der Waals surface area contributed by atoms with Gasteiger partial charge in [0.05, 0.1) is 12.7 Å². The minimum atomic E-state index is -0.540. The molecule has 1 amide bonds. The average molecular weight is 380 g/mol. The van der Waals surface area contributed by atoms with Gasteiger partial charge >= 0.3 is 0 Å². The molecule has 28 heavy (non-hydrogen) atoms. The number of para-hydroxylation sites is 2. The molecule has 2 heterocycles. The highest BCUT2D eigenvalue weighted by Crippen LogP contribution is 2.25. The van der Waals surface area contributed by atoms with Crippen molar-refractivity contribution in [2.45, 2.75) is 38.4 Å². The molecule has 1 N–H and O–H groups in total. The summed E-state index contributed by atoms with van der Waals surface area (Å²) in [6.07, 6.45) is 2.81. The fourth-order valence-corrected chi connectivity index (χ4v) is 3.20. The minimum absolute atomic E-state index is 0.0968. The van der Waals surface area contributed by atoms with E-state index in [0.717, 1.165) is 42.5 Å². The summed E-state index contributed by atoms with van der Waals surface area (Å²) in [5.74, 6) is 0.383. The number of amides is 1. The lowest BCUT2D eigenvalue weighted by Gasteiger charge is -2.23. The predicted octanol–water partition coefficient (Wildman–Crippen LogP) is 4.41. The third kappa shape index (κ3) is 4.40. The van der Waals surface area contributed by atoms with Gasteiger partial charge in [0.15, 0.2) is 5.58 Å². The number of ether oxygens (including phenoxy) is 2. The van der Waals surface area contributed by atoms with Crippen LogP contribution < -0.4 is 5.32 Å². The molecule has 0 spiro atoms. The number of oxazole rings is 1. The summed E-state index contributed by atoms with van der Waals surface area (Å²) in [7, 11) is 0. The van der Waals surface area contributed by atoms with E-state index in [9.17, 15) is 4.79 Å². The summed E-state index contributed by atoms with van der Waals surface area (Å²) >= 11 is 0. The maximum absolute atomic E-state index is 12.3. The Kier molecular flexibility index (Phi) is 5.69. The first-order valence-corrected chi connectivity index (χ1v) is 9.69. The third-order valence-electron chi connectivity index (χ3n) is 4.87. The second kappa shape index (κ2) is 8.54. The molecule has 0 saturated carbocycles. The molecule has 6 nitrogen and oxygen atoms in total. The van der Waals surface area contributed by atoms with Crippen LogP contribution in [0.4, 0.5) is 5.69 Å². The molecule has 1 aliphatic rings. The molecule has 6 heteroatoms. The summed E-state index contributed by atoms with van der Waals surface area (Å²) in [5.41, 5.74) is 3.13. The molecular formula is C22H24N2O4. The van der Waals surface area contributed by atoms with Gasteiger partial charge in [-0.1, -0.05) is 12.1 Å². The fraction of sp³-hybridized carbons (Fsp3) is 0.364. The van der Waals surface area contributed by atoms with Crippen molar-refractivity contribution in [1.82, 2.24) is 4.98 Å². The van der Waals surface area contributed by atoms with Crippen LogP contribution >= 0.6 is 0 Å². The normalized spacial score (nSPS) is 18.1. The molecule has 2 atom stereocenters. The van der Waals surface area contributed by atoms with Gasteiger partial charge in [-0.25, -0.2) is 4.98 Å². The highest BCUT2D eigenvalue weighted by Gasteiger charge is 2.19. The molecule has 0 aliphatic carbocycles. The fourth-order valence-electron chi connectivity index (χ4n) is 3.20. The van der Waals surface area contributed by atoms with Crippen molar-refractivity contribution < 1.29 is 18.7 Å². The van der Waals surface area contributed by atoms with Gasteiger partial charge in [-0.05, 0) is 62.6 Å². The maximum Gasteiger partial charge on any atom is 0.253 e. The number of carbonyl (C=O) groups is 1. The number of nitrogens with one attached hydrogen (secondary N) is 1. The van der Waals surface area contributed by atoms with Crippen LogP contribution in [0.25, 0.3) is 22.6 Å². The minimum Gasteiger partial charge on any atom is -0.436 e. The molecule has 1 aromatic heterocycles. The Labute approximate surface area is 163 Å². The van der Waals surface area contributed by atoms with E-state index in [1.165, 1.54) is 0 Å². The van der Waals surface area contributed by atoms with E-state index in [4.69, 9.17) is 13.9 Å². The number of anilines is 1. The van der Waals surface area contributed by atoms with E-state index < -0.39 is 6.10 Å². The lowest BCUT2D eigenvalue weighted by atomic mass is 10.1. The SMILES string of the molecule is CC(OCC1CCCCO1)C(=O)Nc1ccc(-c2nc3ccccc3o2)cc1. The highest BCUT2D eigenvalue weighted by molar-refractivity contribution is 5.94. The third-order valence-corrected chi connectivity index (χ3v) is 4.87. The zero-order valence-electron chi connectivity index (χ0n) is 15.9. The lowest BCUT2D eigenvalue weighted by molar-refractivity contribution is -0.130. The molecule has 0 radical (unpaired) electrons. The summed E-state index contributed by atoms with van der Waals surface area (Å²) < 4.78 is 17.1. The van der Waals surface area contributed by atoms with Gasteiger partial charge in [-0.2, -0.15) is 0 Å². The molecule has 3 aromatic rings. The molecule has 2 aromatic carbocycles. The summed E-state index contributed by atoms with van der Waals surface area (Å²) in [4.78, 5) is 16.8. The van der Waals surface area contributed by atoms with Gasteiger partial charge in [0.25, 0.3) is 5.91 Å². The molecule has 2 unspecified atom stereocenters. The second-order valence-corrected chi connectivity index (χ2v) is 7.02. The van der Waals surface area contributed by atoms with Gasteiger partial charge < -0.3 is 19.2 Å². The predicted molar refractivity (Wildman–Crippen MR) is 107 cm³/mol. The smallest absolute Gasteiger partial charge is 0.253 e. The number of hydrogen-bond donors (Lipinski definition) is 1. The Morgan fingerprint density at radius 1 is 1.21 bits per heavy atom. The van der Waals surface area contributed by atoms with Crippen molar-refractivity contribution >= 4 is 22.7 Å². The highest BCUT2D eigenvalue weighted by atomic mass is 16.5. The lowest BCUT2D eigenvalue weighted by Crippen LogP contribution is -2.32. The quantitative estimate of drug-likeness (QED) is 0.686. The van der Waals surface area contributed by atoms with E-state index in [0.29, 0.717) is 18.2 Å². The molecule has 1 aliphatic heterocycles. The molecule has 0 bridgehead atoms. The van der Waals surface area contributed by atoms with Crippen LogP contribution in [0, 0.1) is 0 Å². The van der Waals surface area contributed by atoms with Gasteiger partial charge in [0, 0.05) is 17.9 Å². The summed E-state index contributed by atoms with van der Waals surface area (Å²) in [5, 5.41) is 2.88. The van der Waals surface area contributed by atoms with Gasteiger partial charge in [-0.15, -0.1) is 0 Å². The standard InChI is InChI=1S/C22H24N2O4/c1-15(27-14-18-6-4-5-13-26-18)21(25)23-17-11-9-16(10-12-17)22-24-19-7-2-3-8-20(19)28-22/h2-3,7-12,15,18H,4-6,13-14H2,1H3,(H,23,25). The number of nitrogens with zero attached hydrogens (tertiary/aromatic N) is 1. The Morgan fingerprint density at radius 2 is 2.04 bits per heavy atom. The number of carbonyl (C=O) groups excluding carboxylic acids is 1. The Bertz CT molecular complexity index is 896. The van der Waals surface area contributed by atoms with Crippen molar-refractivity contribution in [1.29, 1.82) is 0 Å². The van der Waals surface area contributed by atoms with E-state index in [1.807, 2.05) is 48.5 Å². The number of fused-ring (bicyclic) bond motifs is 1. The topological polar surface area (TPSA) is 73.6 Å². The molecular weight excluding hydrogens is 356 g/mol. The summed E-state index contributed by atoms with van der Waals surface area (Å²) in [6.45, 7) is 2.98. The van der Waals surface area contributed by atoms with Gasteiger partial charge in [0.1, 0.15) is 11.6 Å². The monoisotopic (exact) mass is 380 g/mol. The molecule has 1 saturated heterocycles. The first-order chi connectivity index (χ1) is 13.7. The summed E-state index contributed by atoms with van der Waals surface area (Å²) in [6, 6.07) is 15.1. The van der Waals surface area contributed by atoms with Crippen LogP contribution in [0.15, 0.2) is 52.9 Å². The molecule has 4 rings (SSSR count). The van der Waals surface area contributed by atoms with Crippen LogP contribution in [-0.4, -0.2) is 36.3 Å². The van der Waals surface area contributed by atoms with Crippen LogP contribution in [0.1, 0.15) is 26.2 Å². The van der Waals surface area contributed by atoms with Crippen LogP contribution in [0.3, 0.4) is 0 Å². The van der Waals surface area contributed by atoms with Crippen molar-refractivity contribution in [2.24, 2.45) is 0 Å². The van der Waals surface area contributed by atoms with Crippen LogP contribution in [0.2, 0.25) is 0 Å². The largest absolute Gasteiger partial charge is 0.436 e. The molecule has 1 fully saturated rings. The zero-order chi connectivity index (χ0) is 19.3. The number of aromatic nitrogens is 1.